The highest BCUT2D eigenvalue weighted by Gasteiger charge is 2.35. The van der Waals surface area contributed by atoms with Crippen LogP contribution in [-0.4, -0.2) is 35.9 Å². The minimum Gasteiger partial charge on any atom is -0.501 e. The fourth-order valence-corrected chi connectivity index (χ4v) is 2.28. The second-order valence-corrected chi connectivity index (χ2v) is 4.68. The summed E-state index contributed by atoms with van der Waals surface area (Å²) in [4.78, 5) is 14.6. The molecule has 1 rings (SSSR count). The molecular formula is C13H23NO2. The second kappa shape index (κ2) is 5.48. The molecule has 0 spiro atoms. The summed E-state index contributed by atoms with van der Waals surface area (Å²) in [7, 11) is 0. The van der Waals surface area contributed by atoms with Gasteiger partial charge in [-0.3, -0.25) is 9.69 Å². The van der Waals surface area contributed by atoms with Crippen molar-refractivity contribution in [3.05, 3.63) is 11.8 Å². The molecule has 0 aromatic carbocycles. The maximum atomic E-state index is 12.4. The topological polar surface area (TPSA) is 29.5 Å². The van der Waals surface area contributed by atoms with Crippen LogP contribution in [0, 0.1) is 0 Å². The van der Waals surface area contributed by atoms with Crippen LogP contribution in [0.1, 0.15) is 40.5 Å². The maximum Gasteiger partial charge on any atom is 0.181 e. The van der Waals surface area contributed by atoms with Crippen molar-refractivity contribution in [3.63, 3.8) is 0 Å². The molecule has 0 unspecified atom stereocenters. The quantitative estimate of drug-likeness (QED) is 0.719. The standard InChI is InChI=1S/C13H23NO2/c1-5-14(6-2)13(3,4)12(15)11-8-7-9-16-10-11/h10H,5-9H2,1-4H3. The minimum absolute atomic E-state index is 0.205. The third-order valence-corrected chi connectivity index (χ3v) is 3.34. The van der Waals surface area contributed by atoms with E-state index in [2.05, 4.69) is 18.7 Å². The highest BCUT2D eigenvalue weighted by atomic mass is 16.5. The Morgan fingerprint density at radius 2 is 2.06 bits per heavy atom. The molecule has 0 N–H and O–H groups in total. The maximum absolute atomic E-state index is 12.4. The molecule has 0 amide bonds. The summed E-state index contributed by atoms with van der Waals surface area (Å²) in [6.07, 6.45) is 3.45. The third kappa shape index (κ3) is 2.64. The predicted octanol–water partition coefficient (Wildman–Crippen LogP) is 2.37. The monoisotopic (exact) mass is 225 g/mol. The van der Waals surface area contributed by atoms with E-state index in [1.807, 2.05) is 13.8 Å². The Balaban J connectivity index is 2.81. The molecule has 3 heteroatoms. The van der Waals surface area contributed by atoms with Gasteiger partial charge in [0.2, 0.25) is 0 Å². The zero-order valence-electron chi connectivity index (χ0n) is 10.9. The van der Waals surface area contributed by atoms with Gasteiger partial charge in [-0.15, -0.1) is 0 Å². The van der Waals surface area contributed by atoms with Crippen LogP contribution in [0.2, 0.25) is 0 Å². The van der Waals surface area contributed by atoms with Gasteiger partial charge in [-0.05, 0) is 39.8 Å². The van der Waals surface area contributed by atoms with Crippen LogP contribution >= 0.6 is 0 Å². The first-order valence-electron chi connectivity index (χ1n) is 6.14. The van der Waals surface area contributed by atoms with Crippen LogP contribution in [0.25, 0.3) is 0 Å². The first-order valence-corrected chi connectivity index (χ1v) is 6.14. The zero-order chi connectivity index (χ0) is 12.2. The van der Waals surface area contributed by atoms with E-state index in [4.69, 9.17) is 4.74 Å². The minimum atomic E-state index is -0.421. The van der Waals surface area contributed by atoms with E-state index in [0.29, 0.717) is 0 Å². The van der Waals surface area contributed by atoms with Crippen LogP contribution in [0.15, 0.2) is 11.8 Å². The molecule has 0 fully saturated rings. The molecule has 92 valence electrons. The van der Waals surface area contributed by atoms with Gasteiger partial charge < -0.3 is 4.74 Å². The van der Waals surface area contributed by atoms with Crippen molar-refractivity contribution in [2.24, 2.45) is 0 Å². The number of rotatable bonds is 5. The number of ketones is 1. The van der Waals surface area contributed by atoms with Crippen LogP contribution in [0.5, 0.6) is 0 Å². The smallest absolute Gasteiger partial charge is 0.181 e. The number of carbonyl (C=O) groups is 1. The Kier molecular flexibility index (Phi) is 4.54. The normalized spacial score (nSPS) is 16.9. The van der Waals surface area contributed by atoms with Crippen molar-refractivity contribution in [2.45, 2.75) is 46.1 Å². The number of nitrogens with zero attached hydrogens (tertiary/aromatic N) is 1. The number of hydrogen-bond acceptors (Lipinski definition) is 3. The van der Waals surface area contributed by atoms with Gasteiger partial charge in [0.05, 0.1) is 18.4 Å². The zero-order valence-corrected chi connectivity index (χ0v) is 10.9. The van der Waals surface area contributed by atoms with E-state index in [-0.39, 0.29) is 5.78 Å². The lowest BCUT2D eigenvalue weighted by Gasteiger charge is -2.36. The molecule has 3 nitrogen and oxygen atoms in total. The highest BCUT2D eigenvalue weighted by Crippen LogP contribution is 2.23. The summed E-state index contributed by atoms with van der Waals surface area (Å²) in [5.41, 5.74) is 0.416. The van der Waals surface area contributed by atoms with Crippen LogP contribution in [0.4, 0.5) is 0 Å². The first-order chi connectivity index (χ1) is 7.54. The number of ether oxygens (including phenoxy) is 1. The molecule has 0 saturated carbocycles. The lowest BCUT2D eigenvalue weighted by atomic mass is 9.89. The molecule has 0 bridgehead atoms. The average Bonchev–Trinajstić information content (AvgIpc) is 2.30. The van der Waals surface area contributed by atoms with Crippen molar-refractivity contribution in [3.8, 4) is 0 Å². The summed E-state index contributed by atoms with van der Waals surface area (Å²) in [5, 5.41) is 0. The number of likely N-dealkylation sites (N-methyl/N-ethyl adjacent to an activating group) is 1. The van der Waals surface area contributed by atoms with Gasteiger partial charge in [0.25, 0.3) is 0 Å². The number of Topliss-reactive ketones (excluding diaryl/α,β-unsaturated/α-hetero) is 1. The largest absolute Gasteiger partial charge is 0.501 e. The summed E-state index contributed by atoms with van der Waals surface area (Å²) in [6.45, 7) is 10.7. The van der Waals surface area contributed by atoms with Crippen molar-refractivity contribution < 1.29 is 9.53 Å². The molecule has 16 heavy (non-hydrogen) atoms. The molecule has 1 aliphatic rings. The van der Waals surface area contributed by atoms with E-state index in [1.54, 1.807) is 6.26 Å². The Morgan fingerprint density at radius 1 is 1.44 bits per heavy atom. The van der Waals surface area contributed by atoms with Gasteiger partial charge in [0, 0.05) is 5.57 Å². The van der Waals surface area contributed by atoms with Crippen molar-refractivity contribution in [2.75, 3.05) is 19.7 Å². The molecule has 0 radical (unpaired) electrons. The molecule has 1 heterocycles. The molecule has 0 saturated heterocycles. The van der Waals surface area contributed by atoms with Gasteiger partial charge >= 0.3 is 0 Å². The van der Waals surface area contributed by atoms with Crippen LogP contribution in [-0.2, 0) is 9.53 Å². The lowest BCUT2D eigenvalue weighted by molar-refractivity contribution is -0.125. The van der Waals surface area contributed by atoms with Gasteiger partial charge in [0.1, 0.15) is 0 Å². The Morgan fingerprint density at radius 3 is 2.50 bits per heavy atom. The lowest BCUT2D eigenvalue weighted by Crippen LogP contribution is -2.50. The Hall–Kier alpha value is -0.830. The van der Waals surface area contributed by atoms with Gasteiger partial charge in [0.15, 0.2) is 5.78 Å². The Bertz CT molecular complexity index is 278. The van der Waals surface area contributed by atoms with Gasteiger partial charge in [-0.25, -0.2) is 0 Å². The van der Waals surface area contributed by atoms with E-state index >= 15 is 0 Å². The van der Waals surface area contributed by atoms with Crippen molar-refractivity contribution in [1.29, 1.82) is 0 Å². The molecule has 0 atom stereocenters. The van der Waals surface area contributed by atoms with E-state index < -0.39 is 5.54 Å². The molecule has 0 aliphatic carbocycles. The van der Waals surface area contributed by atoms with E-state index in [9.17, 15) is 4.79 Å². The summed E-state index contributed by atoms with van der Waals surface area (Å²) >= 11 is 0. The van der Waals surface area contributed by atoms with Gasteiger partial charge in [-0.2, -0.15) is 0 Å². The molecule has 1 aliphatic heterocycles. The summed E-state index contributed by atoms with van der Waals surface area (Å²) < 4.78 is 5.24. The van der Waals surface area contributed by atoms with E-state index in [1.165, 1.54) is 0 Å². The summed E-state index contributed by atoms with van der Waals surface area (Å²) in [5.74, 6) is 0.205. The average molecular weight is 225 g/mol. The fourth-order valence-electron chi connectivity index (χ4n) is 2.28. The van der Waals surface area contributed by atoms with Crippen LogP contribution < -0.4 is 0 Å². The number of hydrogen-bond donors (Lipinski definition) is 0. The number of carbonyl (C=O) groups excluding carboxylic acids is 1. The fraction of sp³-hybridized carbons (Fsp3) is 0.769. The predicted molar refractivity (Wildman–Crippen MR) is 65.3 cm³/mol. The molecule has 0 aromatic heterocycles. The molecular weight excluding hydrogens is 202 g/mol. The first kappa shape index (κ1) is 13.2. The van der Waals surface area contributed by atoms with E-state index in [0.717, 1.165) is 38.1 Å². The molecule has 0 aromatic rings. The third-order valence-electron chi connectivity index (χ3n) is 3.34. The van der Waals surface area contributed by atoms with Crippen molar-refractivity contribution in [1.82, 2.24) is 4.90 Å². The second-order valence-electron chi connectivity index (χ2n) is 4.68. The van der Waals surface area contributed by atoms with Crippen LogP contribution in [0.3, 0.4) is 0 Å². The summed E-state index contributed by atoms with van der Waals surface area (Å²) in [6, 6.07) is 0. The van der Waals surface area contributed by atoms with Crippen molar-refractivity contribution >= 4 is 5.78 Å². The Labute approximate surface area is 98.5 Å². The van der Waals surface area contributed by atoms with Gasteiger partial charge in [-0.1, -0.05) is 13.8 Å². The highest BCUT2D eigenvalue weighted by molar-refractivity contribution is 6.01. The SMILES string of the molecule is CCN(CC)C(C)(C)C(=O)C1=COCCC1.